The summed E-state index contributed by atoms with van der Waals surface area (Å²) >= 11 is 6.12. The summed E-state index contributed by atoms with van der Waals surface area (Å²) in [4.78, 5) is 20.5. The molecule has 20 heavy (non-hydrogen) atoms. The molecule has 1 aromatic carbocycles. The first-order chi connectivity index (χ1) is 9.45. The summed E-state index contributed by atoms with van der Waals surface area (Å²) in [6.07, 6.45) is 1.18. The smallest absolute Gasteiger partial charge is 0.414 e. The van der Waals surface area contributed by atoms with Gasteiger partial charge in [0.25, 0.3) is 0 Å². The van der Waals surface area contributed by atoms with Gasteiger partial charge in [-0.25, -0.2) is 9.59 Å². The molecule has 0 amide bonds. The van der Waals surface area contributed by atoms with Crippen LogP contribution in [0.5, 0.6) is 0 Å². The van der Waals surface area contributed by atoms with Crippen LogP contribution in [0, 0.1) is 5.92 Å². The molecule has 0 radical (unpaired) electrons. The molecule has 1 heterocycles. The number of aliphatic carboxylic acids is 2. The maximum Gasteiger partial charge on any atom is 0.414 e. The van der Waals surface area contributed by atoms with Gasteiger partial charge in [0.15, 0.2) is 0 Å². The molecule has 1 aliphatic heterocycles. The molecule has 110 valence electrons. The number of hydrogen-bond donors (Lipinski definition) is 3. The Balaban J connectivity index is 0.000000286. The van der Waals surface area contributed by atoms with Gasteiger partial charge in [-0.15, -0.1) is 0 Å². The Hall–Kier alpha value is -1.79. The van der Waals surface area contributed by atoms with E-state index in [1.165, 1.54) is 6.42 Å². The summed E-state index contributed by atoms with van der Waals surface area (Å²) in [5.41, 5.74) is 6.80. The normalized spacial score (nSPS) is 17.3. The maximum absolute atomic E-state index is 9.10. The number of hydrogen-bond acceptors (Lipinski definition) is 4. The molecule has 1 saturated heterocycles. The molecule has 0 bridgehead atoms. The van der Waals surface area contributed by atoms with Crippen molar-refractivity contribution in [2.45, 2.75) is 6.42 Å². The summed E-state index contributed by atoms with van der Waals surface area (Å²) in [6.45, 7) is 2.90. The predicted molar refractivity (Wildman–Crippen MR) is 76.1 cm³/mol. The van der Waals surface area contributed by atoms with Gasteiger partial charge in [-0.3, -0.25) is 0 Å². The number of rotatable bonds is 2. The number of carboxylic acids is 2. The van der Waals surface area contributed by atoms with Crippen molar-refractivity contribution in [3.63, 3.8) is 0 Å². The van der Waals surface area contributed by atoms with E-state index in [0.29, 0.717) is 5.92 Å². The Morgan fingerprint density at radius 2 is 1.90 bits per heavy atom. The van der Waals surface area contributed by atoms with Crippen LogP contribution in [0.3, 0.4) is 0 Å². The molecule has 2 rings (SSSR count). The lowest BCUT2D eigenvalue weighted by atomic mass is 10.1. The minimum Gasteiger partial charge on any atom is -0.473 e. The van der Waals surface area contributed by atoms with Gasteiger partial charge in [-0.1, -0.05) is 23.7 Å². The van der Waals surface area contributed by atoms with Crippen molar-refractivity contribution in [3.8, 4) is 0 Å². The van der Waals surface area contributed by atoms with E-state index in [2.05, 4.69) is 11.0 Å². The molecule has 1 fully saturated rings. The van der Waals surface area contributed by atoms with Crippen molar-refractivity contribution < 1.29 is 19.8 Å². The van der Waals surface area contributed by atoms with Crippen molar-refractivity contribution in [2.75, 3.05) is 24.5 Å². The number of halogens is 1. The predicted octanol–water partition coefficient (Wildman–Crippen LogP) is 1.28. The zero-order valence-electron chi connectivity index (χ0n) is 10.8. The van der Waals surface area contributed by atoms with Crippen LogP contribution in [0.25, 0.3) is 0 Å². The number of benzene rings is 1. The van der Waals surface area contributed by atoms with Crippen LogP contribution in [0.2, 0.25) is 5.02 Å². The summed E-state index contributed by atoms with van der Waals surface area (Å²) in [6, 6.07) is 7.99. The fourth-order valence-corrected chi connectivity index (χ4v) is 2.21. The number of carboxylic acid groups (broad SMARTS) is 2. The lowest BCUT2D eigenvalue weighted by molar-refractivity contribution is -0.159. The SMILES string of the molecule is NCC1CCN(c2ccccc2Cl)C1.O=C(O)C(=O)O. The minimum atomic E-state index is -1.82. The number of nitrogens with zero attached hydrogens (tertiary/aromatic N) is 1. The van der Waals surface area contributed by atoms with E-state index in [0.717, 1.165) is 30.3 Å². The average Bonchev–Trinajstić information content (AvgIpc) is 2.88. The third-order valence-corrected chi connectivity index (χ3v) is 3.31. The van der Waals surface area contributed by atoms with Crippen LogP contribution in [0.4, 0.5) is 5.69 Å². The van der Waals surface area contributed by atoms with Crippen molar-refractivity contribution in [1.82, 2.24) is 0 Å². The van der Waals surface area contributed by atoms with Gasteiger partial charge < -0.3 is 20.8 Å². The quantitative estimate of drug-likeness (QED) is 0.711. The lowest BCUT2D eigenvalue weighted by Crippen LogP contribution is -2.22. The van der Waals surface area contributed by atoms with Crippen LogP contribution >= 0.6 is 11.6 Å². The van der Waals surface area contributed by atoms with Gasteiger partial charge in [0.2, 0.25) is 0 Å². The molecule has 4 N–H and O–H groups in total. The molecule has 0 aromatic heterocycles. The first-order valence-electron chi connectivity index (χ1n) is 6.11. The lowest BCUT2D eigenvalue weighted by Gasteiger charge is -2.19. The highest BCUT2D eigenvalue weighted by Gasteiger charge is 2.22. The Labute approximate surface area is 121 Å². The summed E-state index contributed by atoms with van der Waals surface area (Å²) in [5.74, 6) is -3.02. The van der Waals surface area contributed by atoms with E-state index in [-0.39, 0.29) is 0 Å². The molecule has 1 unspecified atom stereocenters. The van der Waals surface area contributed by atoms with Gasteiger partial charge in [-0.2, -0.15) is 0 Å². The second-order valence-electron chi connectivity index (χ2n) is 4.40. The number of para-hydroxylation sites is 1. The van der Waals surface area contributed by atoms with E-state index < -0.39 is 11.9 Å². The van der Waals surface area contributed by atoms with Crippen LogP contribution in [-0.2, 0) is 9.59 Å². The molecular weight excluding hydrogens is 284 g/mol. The van der Waals surface area contributed by atoms with Gasteiger partial charge in [0, 0.05) is 13.1 Å². The molecule has 0 saturated carbocycles. The molecule has 1 aliphatic rings. The van der Waals surface area contributed by atoms with Gasteiger partial charge in [-0.05, 0) is 31.0 Å². The van der Waals surface area contributed by atoms with Crippen LogP contribution in [0.15, 0.2) is 24.3 Å². The van der Waals surface area contributed by atoms with Gasteiger partial charge in [0.1, 0.15) is 0 Å². The highest BCUT2D eigenvalue weighted by Crippen LogP contribution is 2.29. The van der Waals surface area contributed by atoms with Crippen LogP contribution < -0.4 is 10.6 Å². The standard InChI is InChI=1S/C11H15ClN2.C2H2O4/c12-10-3-1-2-4-11(10)14-6-5-9(7-13)8-14;3-1(4)2(5)6/h1-4,9H,5-8,13H2;(H,3,4)(H,5,6). The largest absolute Gasteiger partial charge is 0.473 e. The fraction of sp³-hybridized carbons (Fsp3) is 0.385. The van der Waals surface area contributed by atoms with E-state index in [4.69, 9.17) is 37.1 Å². The summed E-state index contributed by atoms with van der Waals surface area (Å²) < 4.78 is 0. The second-order valence-corrected chi connectivity index (χ2v) is 4.81. The van der Waals surface area contributed by atoms with E-state index >= 15 is 0 Å². The zero-order valence-corrected chi connectivity index (χ0v) is 11.6. The average molecular weight is 301 g/mol. The van der Waals surface area contributed by atoms with Crippen molar-refractivity contribution in [2.24, 2.45) is 11.7 Å². The van der Waals surface area contributed by atoms with Crippen molar-refractivity contribution >= 4 is 29.2 Å². The van der Waals surface area contributed by atoms with E-state index in [9.17, 15) is 0 Å². The van der Waals surface area contributed by atoms with E-state index in [1.54, 1.807) is 0 Å². The summed E-state index contributed by atoms with van der Waals surface area (Å²) in [7, 11) is 0. The minimum absolute atomic E-state index is 0.631. The number of nitrogens with two attached hydrogens (primary N) is 1. The Morgan fingerprint density at radius 3 is 2.35 bits per heavy atom. The molecule has 7 heteroatoms. The van der Waals surface area contributed by atoms with Crippen LogP contribution in [0.1, 0.15) is 6.42 Å². The van der Waals surface area contributed by atoms with Crippen LogP contribution in [-0.4, -0.2) is 41.8 Å². The third-order valence-electron chi connectivity index (χ3n) is 3.00. The monoisotopic (exact) mass is 300 g/mol. The first-order valence-corrected chi connectivity index (χ1v) is 6.49. The molecule has 6 nitrogen and oxygen atoms in total. The Bertz CT molecular complexity index is 469. The molecule has 0 spiro atoms. The molecule has 0 aliphatic carbocycles. The topological polar surface area (TPSA) is 104 Å². The van der Waals surface area contributed by atoms with Gasteiger partial charge in [0.05, 0.1) is 10.7 Å². The van der Waals surface area contributed by atoms with Gasteiger partial charge >= 0.3 is 11.9 Å². The third kappa shape index (κ3) is 4.71. The fourth-order valence-electron chi connectivity index (χ4n) is 1.95. The molecular formula is C13H17ClN2O4. The number of anilines is 1. The highest BCUT2D eigenvalue weighted by molar-refractivity contribution is 6.33. The first kappa shape index (κ1) is 16.3. The molecule has 1 aromatic rings. The van der Waals surface area contributed by atoms with E-state index in [1.807, 2.05) is 18.2 Å². The summed E-state index contributed by atoms with van der Waals surface area (Å²) in [5, 5.41) is 15.6. The highest BCUT2D eigenvalue weighted by atomic mass is 35.5. The molecule has 1 atom stereocenters. The Kier molecular flexibility index (Phi) is 6.27. The second kappa shape index (κ2) is 7.72. The van der Waals surface area contributed by atoms with Crippen molar-refractivity contribution in [1.29, 1.82) is 0 Å². The zero-order chi connectivity index (χ0) is 15.1. The maximum atomic E-state index is 9.10. The Morgan fingerprint density at radius 1 is 1.30 bits per heavy atom. The number of carbonyl (C=O) groups is 2. The van der Waals surface area contributed by atoms with Crippen molar-refractivity contribution in [3.05, 3.63) is 29.3 Å².